The molecule has 0 unspecified atom stereocenters. The second-order valence-electron chi connectivity index (χ2n) is 4.60. The number of hydrogen-bond acceptors (Lipinski definition) is 4. The lowest BCUT2D eigenvalue weighted by atomic mass is 10.2. The minimum atomic E-state index is -4.72. The first kappa shape index (κ1) is 14.9. The van der Waals surface area contributed by atoms with Crippen molar-refractivity contribution in [3.05, 3.63) is 48.7 Å². The third-order valence-electron chi connectivity index (χ3n) is 2.99. The molecular weight excluding hydrogens is 307 g/mol. The number of rotatable bonds is 2. The number of pyridine rings is 1. The molecule has 3 rings (SSSR count). The molecule has 0 saturated heterocycles. The Kier molecular flexibility index (Phi) is 3.65. The van der Waals surface area contributed by atoms with Crippen molar-refractivity contribution >= 4 is 22.6 Å². The van der Waals surface area contributed by atoms with Gasteiger partial charge < -0.3 is 5.73 Å². The van der Waals surface area contributed by atoms with Gasteiger partial charge in [0.25, 0.3) is 0 Å². The molecule has 5 nitrogen and oxygen atoms in total. The van der Waals surface area contributed by atoms with Crippen LogP contribution in [-0.4, -0.2) is 27.0 Å². The number of nitrogens with zero attached hydrogens (tertiary/aromatic N) is 4. The number of benzene rings is 1. The molecule has 2 heterocycles. The van der Waals surface area contributed by atoms with E-state index in [1.807, 2.05) is 0 Å². The van der Waals surface area contributed by atoms with Gasteiger partial charge in [0.05, 0.1) is 5.52 Å². The molecule has 3 aromatic rings. The predicted molar refractivity (Wildman–Crippen MR) is 80.1 cm³/mol. The summed E-state index contributed by atoms with van der Waals surface area (Å²) >= 11 is 0. The van der Waals surface area contributed by atoms with Crippen LogP contribution < -0.4 is 5.73 Å². The van der Waals surface area contributed by atoms with Crippen molar-refractivity contribution in [2.24, 2.45) is 10.7 Å². The highest BCUT2D eigenvalue weighted by Gasteiger charge is 2.34. The van der Waals surface area contributed by atoms with Crippen LogP contribution in [0.5, 0.6) is 0 Å². The number of alkyl halides is 3. The van der Waals surface area contributed by atoms with Gasteiger partial charge in [-0.15, -0.1) is 0 Å². The second-order valence-corrected chi connectivity index (χ2v) is 4.60. The van der Waals surface area contributed by atoms with Gasteiger partial charge in [0.2, 0.25) is 5.84 Å². The van der Waals surface area contributed by atoms with Crippen LogP contribution in [0.15, 0.2) is 53.7 Å². The van der Waals surface area contributed by atoms with Crippen LogP contribution in [-0.2, 0) is 0 Å². The van der Waals surface area contributed by atoms with Gasteiger partial charge in [0, 0.05) is 11.6 Å². The quantitative estimate of drug-likeness (QED) is 0.581. The summed E-state index contributed by atoms with van der Waals surface area (Å²) in [5.74, 6) is -1.43. The number of halogens is 3. The average molecular weight is 317 g/mol. The average Bonchev–Trinajstić information content (AvgIpc) is 2.54. The zero-order valence-corrected chi connectivity index (χ0v) is 11.6. The van der Waals surface area contributed by atoms with Crippen LogP contribution in [0.3, 0.4) is 0 Å². The number of aromatic nitrogens is 3. The maximum Gasteiger partial charge on any atom is 0.449 e. The van der Waals surface area contributed by atoms with E-state index in [1.165, 1.54) is 0 Å². The standard InChI is InChI=1S/C15H10F3N5/c16-15(17,18)14(19)23-12-9-5-1-2-6-10(9)21-13(22-12)11-7-3-4-8-20-11/h1-8H,(H2,19,21,22,23). The first-order chi connectivity index (χ1) is 10.9. The topological polar surface area (TPSA) is 77.0 Å². The van der Waals surface area contributed by atoms with Crippen molar-refractivity contribution in [2.75, 3.05) is 0 Å². The van der Waals surface area contributed by atoms with Crippen LogP contribution in [0.25, 0.3) is 22.4 Å². The molecule has 0 spiro atoms. The third-order valence-corrected chi connectivity index (χ3v) is 2.99. The minimum Gasteiger partial charge on any atom is -0.380 e. The van der Waals surface area contributed by atoms with Crippen molar-refractivity contribution in [2.45, 2.75) is 6.18 Å². The first-order valence-electron chi connectivity index (χ1n) is 6.55. The van der Waals surface area contributed by atoms with E-state index in [1.54, 1.807) is 48.7 Å². The number of amidine groups is 1. The second kappa shape index (κ2) is 5.64. The Bertz CT molecular complexity index is 875. The number of fused-ring (bicyclic) bond motifs is 1. The molecule has 0 atom stereocenters. The third kappa shape index (κ3) is 3.10. The number of hydrogen-bond donors (Lipinski definition) is 1. The van der Waals surface area contributed by atoms with Gasteiger partial charge in [-0.25, -0.2) is 15.0 Å². The summed E-state index contributed by atoms with van der Waals surface area (Å²) in [6.07, 6.45) is -3.18. The molecule has 0 amide bonds. The molecule has 0 aliphatic heterocycles. The monoisotopic (exact) mass is 317 g/mol. The molecular formula is C15H10F3N5. The molecule has 2 N–H and O–H groups in total. The maximum absolute atomic E-state index is 12.6. The fourth-order valence-electron chi connectivity index (χ4n) is 1.93. The van der Waals surface area contributed by atoms with Crippen molar-refractivity contribution in [1.82, 2.24) is 15.0 Å². The Morgan fingerprint density at radius 1 is 1.00 bits per heavy atom. The lowest BCUT2D eigenvalue weighted by Crippen LogP contribution is -2.31. The summed E-state index contributed by atoms with van der Waals surface area (Å²) in [6, 6.07) is 11.7. The van der Waals surface area contributed by atoms with E-state index < -0.39 is 12.0 Å². The van der Waals surface area contributed by atoms with Crippen molar-refractivity contribution in [3.8, 4) is 11.5 Å². The summed E-state index contributed by atoms with van der Waals surface area (Å²) in [4.78, 5) is 15.9. The fourth-order valence-corrected chi connectivity index (χ4v) is 1.93. The van der Waals surface area contributed by atoms with Crippen LogP contribution in [0.4, 0.5) is 19.0 Å². The number of aliphatic imine (C=N–C) groups is 1. The molecule has 0 aliphatic rings. The fraction of sp³-hybridized carbons (Fsp3) is 0.0667. The number of para-hydroxylation sites is 1. The van der Waals surface area contributed by atoms with E-state index in [0.29, 0.717) is 16.6 Å². The van der Waals surface area contributed by atoms with Crippen LogP contribution in [0.2, 0.25) is 0 Å². The summed E-state index contributed by atoms with van der Waals surface area (Å²) in [5.41, 5.74) is 5.90. The van der Waals surface area contributed by atoms with E-state index in [2.05, 4.69) is 19.9 Å². The van der Waals surface area contributed by atoms with Crippen LogP contribution >= 0.6 is 0 Å². The highest BCUT2D eigenvalue weighted by molar-refractivity contribution is 5.94. The zero-order valence-electron chi connectivity index (χ0n) is 11.6. The normalized spacial score (nSPS) is 12.6. The predicted octanol–water partition coefficient (Wildman–Crippen LogP) is 3.24. The van der Waals surface area contributed by atoms with Gasteiger partial charge >= 0.3 is 6.18 Å². The first-order valence-corrected chi connectivity index (χ1v) is 6.55. The highest BCUT2D eigenvalue weighted by atomic mass is 19.4. The maximum atomic E-state index is 12.6. The van der Waals surface area contributed by atoms with Gasteiger partial charge in [-0.2, -0.15) is 13.2 Å². The molecule has 116 valence electrons. The summed E-state index contributed by atoms with van der Waals surface area (Å²) in [7, 11) is 0. The van der Waals surface area contributed by atoms with Crippen LogP contribution in [0, 0.1) is 0 Å². The minimum absolute atomic E-state index is 0.147. The van der Waals surface area contributed by atoms with Gasteiger partial charge in [-0.05, 0) is 24.3 Å². The molecule has 1 aromatic carbocycles. The summed E-state index contributed by atoms with van der Waals surface area (Å²) in [6.45, 7) is 0. The molecule has 8 heteroatoms. The highest BCUT2D eigenvalue weighted by Crippen LogP contribution is 2.27. The molecule has 2 aromatic heterocycles. The summed E-state index contributed by atoms with van der Waals surface area (Å²) < 4.78 is 37.9. The zero-order chi connectivity index (χ0) is 16.4. The van der Waals surface area contributed by atoms with E-state index in [4.69, 9.17) is 5.73 Å². The van der Waals surface area contributed by atoms with Crippen LogP contribution in [0.1, 0.15) is 0 Å². The van der Waals surface area contributed by atoms with Crippen molar-refractivity contribution in [3.63, 3.8) is 0 Å². The molecule has 0 radical (unpaired) electrons. The lowest BCUT2D eigenvalue weighted by Gasteiger charge is -2.08. The van der Waals surface area contributed by atoms with Gasteiger partial charge in [-0.3, -0.25) is 4.98 Å². The van der Waals surface area contributed by atoms with E-state index >= 15 is 0 Å². The Hall–Kier alpha value is -3.03. The molecule has 0 saturated carbocycles. The SMILES string of the molecule is NC(=Nc1nc(-c2ccccn2)nc2ccccc12)C(F)(F)F. The van der Waals surface area contributed by atoms with Gasteiger partial charge in [-0.1, -0.05) is 18.2 Å². The van der Waals surface area contributed by atoms with Crippen molar-refractivity contribution in [1.29, 1.82) is 0 Å². The molecule has 0 fully saturated rings. The van der Waals surface area contributed by atoms with Gasteiger partial charge in [0.1, 0.15) is 5.69 Å². The Morgan fingerprint density at radius 2 is 1.74 bits per heavy atom. The Labute approximate surface area is 128 Å². The number of nitrogens with two attached hydrogens (primary N) is 1. The molecule has 23 heavy (non-hydrogen) atoms. The van der Waals surface area contributed by atoms with E-state index in [0.717, 1.165) is 0 Å². The van der Waals surface area contributed by atoms with E-state index in [9.17, 15) is 13.2 Å². The smallest absolute Gasteiger partial charge is 0.380 e. The van der Waals surface area contributed by atoms with Gasteiger partial charge in [0.15, 0.2) is 11.6 Å². The largest absolute Gasteiger partial charge is 0.449 e. The lowest BCUT2D eigenvalue weighted by molar-refractivity contribution is -0.0597. The Balaban J connectivity index is 2.24. The Morgan fingerprint density at radius 3 is 2.43 bits per heavy atom. The van der Waals surface area contributed by atoms with Crippen molar-refractivity contribution < 1.29 is 13.2 Å². The molecule has 0 bridgehead atoms. The molecule has 0 aliphatic carbocycles. The summed E-state index contributed by atoms with van der Waals surface area (Å²) in [5, 5.41) is 0.374. The van der Waals surface area contributed by atoms with E-state index in [-0.39, 0.29) is 11.6 Å².